The number of aromatic nitrogens is 2. The molecular weight excluding hydrogens is 280 g/mol. The maximum absolute atomic E-state index is 10.9. The molecule has 106 valence electrons. The number of nitrogens with one attached hydrogen (secondary N) is 1. The molecule has 3 rings (SSSR count). The Morgan fingerprint density at radius 2 is 2.20 bits per heavy atom. The number of thioether (sulfide) groups is 1. The van der Waals surface area contributed by atoms with E-state index in [1.165, 1.54) is 25.3 Å². The molecule has 0 radical (unpaired) electrons. The van der Waals surface area contributed by atoms with E-state index < -0.39 is 4.92 Å². The standard InChI is InChI=1S/C12H14N4O3S/c1-20-12(5-2-6-12)7-13-8-3-4-9(16(17)18)11-10(8)14-19-15-11/h3-4,13H,2,5-7H2,1H3. The highest BCUT2D eigenvalue weighted by atomic mass is 32.2. The summed E-state index contributed by atoms with van der Waals surface area (Å²) in [5.74, 6) is 0. The van der Waals surface area contributed by atoms with Crippen LogP contribution in [0, 0.1) is 10.1 Å². The first-order valence-corrected chi connectivity index (χ1v) is 7.56. The van der Waals surface area contributed by atoms with Crippen LogP contribution in [0.25, 0.3) is 11.0 Å². The molecule has 0 aliphatic heterocycles. The van der Waals surface area contributed by atoms with Crippen molar-refractivity contribution in [3.8, 4) is 0 Å². The average Bonchev–Trinajstić information content (AvgIpc) is 2.86. The molecule has 1 aromatic heterocycles. The molecule has 8 heteroatoms. The molecular formula is C12H14N4O3S. The minimum atomic E-state index is -0.481. The molecule has 2 aromatic rings. The van der Waals surface area contributed by atoms with E-state index in [1.54, 1.807) is 6.07 Å². The number of anilines is 1. The third-order valence-corrected chi connectivity index (χ3v) is 5.31. The predicted octanol–water partition coefficient (Wildman–Crippen LogP) is 2.83. The van der Waals surface area contributed by atoms with Gasteiger partial charge in [0.05, 0.1) is 10.6 Å². The summed E-state index contributed by atoms with van der Waals surface area (Å²) in [5.41, 5.74) is 1.24. The highest BCUT2D eigenvalue weighted by molar-refractivity contribution is 8.00. The molecule has 1 aromatic carbocycles. The maximum atomic E-state index is 10.9. The summed E-state index contributed by atoms with van der Waals surface area (Å²) in [7, 11) is 0. The van der Waals surface area contributed by atoms with Gasteiger partial charge in [-0.1, -0.05) is 6.42 Å². The Balaban J connectivity index is 1.87. The zero-order valence-electron chi connectivity index (χ0n) is 11.0. The molecule has 1 aliphatic carbocycles. The summed E-state index contributed by atoms with van der Waals surface area (Å²) in [4.78, 5) is 10.4. The van der Waals surface area contributed by atoms with Gasteiger partial charge in [-0.3, -0.25) is 10.1 Å². The van der Waals surface area contributed by atoms with Gasteiger partial charge in [0, 0.05) is 17.4 Å². The number of nitrogens with zero attached hydrogens (tertiary/aromatic N) is 3. The van der Waals surface area contributed by atoms with E-state index in [0.717, 1.165) is 12.2 Å². The molecule has 1 heterocycles. The highest BCUT2D eigenvalue weighted by Gasteiger charge is 2.36. The minimum absolute atomic E-state index is 0.0879. The molecule has 1 aliphatic rings. The molecule has 0 unspecified atom stereocenters. The van der Waals surface area contributed by atoms with Crippen LogP contribution in [0.5, 0.6) is 0 Å². The van der Waals surface area contributed by atoms with Gasteiger partial charge >= 0.3 is 5.69 Å². The van der Waals surface area contributed by atoms with Crippen molar-refractivity contribution in [2.45, 2.75) is 24.0 Å². The largest absolute Gasteiger partial charge is 0.382 e. The van der Waals surface area contributed by atoms with Crippen molar-refractivity contribution in [3.63, 3.8) is 0 Å². The summed E-state index contributed by atoms with van der Waals surface area (Å²) in [6.45, 7) is 0.813. The van der Waals surface area contributed by atoms with Crippen LogP contribution in [0.1, 0.15) is 19.3 Å². The maximum Gasteiger partial charge on any atom is 0.300 e. The number of nitro groups is 1. The van der Waals surface area contributed by atoms with Crippen molar-refractivity contribution in [3.05, 3.63) is 22.2 Å². The van der Waals surface area contributed by atoms with Crippen LogP contribution >= 0.6 is 11.8 Å². The van der Waals surface area contributed by atoms with E-state index in [4.69, 9.17) is 0 Å². The molecule has 0 bridgehead atoms. The molecule has 1 N–H and O–H groups in total. The van der Waals surface area contributed by atoms with Crippen molar-refractivity contribution in [1.82, 2.24) is 10.3 Å². The van der Waals surface area contributed by atoms with Crippen LogP contribution in [-0.2, 0) is 0 Å². The Hall–Kier alpha value is -1.83. The van der Waals surface area contributed by atoms with E-state index >= 15 is 0 Å². The first kappa shape index (κ1) is 13.2. The number of non-ortho nitro benzene ring substituents is 1. The van der Waals surface area contributed by atoms with Crippen LogP contribution in [0.15, 0.2) is 16.8 Å². The number of hydrogen-bond acceptors (Lipinski definition) is 7. The van der Waals surface area contributed by atoms with E-state index in [1.807, 2.05) is 11.8 Å². The first-order chi connectivity index (χ1) is 9.65. The summed E-state index contributed by atoms with van der Waals surface area (Å²) in [6.07, 6.45) is 5.75. The summed E-state index contributed by atoms with van der Waals surface area (Å²) < 4.78 is 4.91. The number of fused-ring (bicyclic) bond motifs is 1. The monoisotopic (exact) mass is 294 g/mol. The number of rotatable bonds is 5. The second-order valence-electron chi connectivity index (χ2n) is 4.95. The van der Waals surface area contributed by atoms with Crippen molar-refractivity contribution in [2.75, 3.05) is 18.1 Å². The normalized spacial score (nSPS) is 16.9. The Labute approximate surface area is 119 Å². The van der Waals surface area contributed by atoms with Crippen LogP contribution in [0.3, 0.4) is 0 Å². The molecule has 20 heavy (non-hydrogen) atoms. The van der Waals surface area contributed by atoms with Gasteiger partial charge in [0.25, 0.3) is 0 Å². The fourth-order valence-corrected chi connectivity index (χ4v) is 3.34. The lowest BCUT2D eigenvalue weighted by Crippen LogP contribution is -2.40. The third-order valence-electron chi connectivity index (χ3n) is 3.89. The molecule has 0 spiro atoms. The Kier molecular flexibility index (Phi) is 3.25. The van der Waals surface area contributed by atoms with Crippen LogP contribution in [0.4, 0.5) is 11.4 Å². The topological polar surface area (TPSA) is 94.1 Å². The van der Waals surface area contributed by atoms with Gasteiger partial charge in [-0.05, 0) is 35.5 Å². The lowest BCUT2D eigenvalue weighted by Gasteiger charge is -2.40. The summed E-state index contributed by atoms with van der Waals surface area (Å²) >= 11 is 1.86. The Morgan fingerprint density at radius 3 is 2.80 bits per heavy atom. The quantitative estimate of drug-likeness (QED) is 0.669. The van der Waals surface area contributed by atoms with Gasteiger partial charge in [0.15, 0.2) is 5.52 Å². The Bertz CT molecular complexity index is 648. The van der Waals surface area contributed by atoms with Gasteiger partial charge in [-0.2, -0.15) is 11.8 Å². The summed E-state index contributed by atoms with van der Waals surface area (Å²) in [6, 6.07) is 3.10. The van der Waals surface area contributed by atoms with Crippen molar-refractivity contribution >= 4 is 34.2 Å². The molecule has 1 fully saturated rings. The highest BCUT2D eigenvalue weighted by Crippen LogP contribution is 2.43. The number of hydrogen-bond donors (Lipinski definition) is 1. The molecule has 7 nitrogen and oxygen atoms in total. The Morgan fingerprint density at radius 1 is 1.45 bits per heavy atom. The van der Waals surface area contributed by atoms with E-state index in [9.17, 15) is 10.1 Å². The van der Waals surface area contributed by atoms with Gasteiger partial charge in [-0.25, -0.2) is 4.63 Å². The zero-order valence-corrected chi connectivity index (χ0v) is 11.8. The molecule has 0 amide bonds. The average molecular weight is 294 g/mol. The van der Waals surface area contributed by atoms with Crippen molar-refractivity contribution in [2.24, 2.45) is 0 Å². The lowest BCUT2D eigenvalue weighted by molar-refractivity contribution is -0.383. The van der Waals surface area contributed by atoms with E-state index in [0.29, 0.717) is 5.52 Å². The van der Waals surface area contributed by atoms with Crippen LogP contribution < -0.4 is 5.32 Å². The van der Waals surface area contributed by atoms with Crippen LogP contribution in [-0.4, -0.2) is 32.8 Å². The van der Waals surface area contributed by atoms with Crippen molar-refractivity contribution in [1.29, 1.82) is 0 Å². The predicted molar refractivity (Wildman–Crippen MR) is 77.0 cm³/mol. The minimum Gasteiger partial charge on any atom is -0.382 e. The van der Waals surface area contributed by atoms with Gasteiger partial charge < -0.3 is 5.32 Å². The van der Waals surface area contributed by atoms with Gasteiger partial charge in [0.1, 0.15) is 0 Å². The molecule has 0 saturated heterocycles. The van der Waals surface area contributed by atoms with Crippen LogP contribution in [0.2, 0.25) is 0 Å². The zero-order chi connectivity index (χ0) is 14.2. The second-order valence-corrected chi connectivity index (χ2v) is 6.22. The fraction of sp³-hybridized carbons (Fsp3) is 0.500. The van der Waals surface area contributed by atoms with Gasteiger partial charge in [-0.15, -0.1) is 0 Å². The van der Waals surface area contributed by atoms with Gasteiger partial charge in [0.2, 0.25) is 5.52 Å². The van der Waals surface area contributed by atoms with Crippen molar-refractivity contribution < 1.29 is 9.55 Å². The molecule has 1 saturated carbocycles. The third kappa shape index (κ3) is 2.09. The first-order valence-electron chi connectivity index (χ1n) is 6.34. The molecule has 0 atom stereocenters. The van der Waals surface area contributed by atoms with E-state index in [2.05, 4.69) is 26.5 Å². The number of benzene rings is 1. The second kappa shape index (κ2) is 4.93. The smallest absolute Gasteiger partial charge is 0.300 e. The SMILES string of the molecule is CSC1(CNc2ccc([N+](=O)[O-])c3nonc23)CCC1. The van der Waals surface area contributed by atoms with E-state index in [-0.39, 0.29) is 16.0 Å². The summed E-state index contributed by atoms with van der Waals surface area (Å²) in [5, 5.41) is 21.6. The fourth-order valence-electron chi connectivity index (χ4n) is 2.42. The number of nitro benzene ring substituents is 1. The lowest BCUT2D eigenvalue weighted by atomic mass is 9.84.